The quantitative estimate of drug-likeness (QED) is 0.224. The summed E-state index contributed by atoms with van der Waals surface area (Å²) in [5.74, 6) is -1.77. The Morgan fingerprint density at radius 1 is 1.08 bits per heavy atom. The van der Waals surface area contributed by atoms with Crippen molar-refractivity contribution in [3.8, 4) is 5.88 Å². The molecule has 1 amide bonds. The van der Waals surface area contributed by atoms with Gasteiger partial charge in [0.15, 0.2) is 6.10 Å². The summed E-state index contributed by atoms with van der Waals surface area (Å²) in [5, 5.41) is 17.5. The van der Waals surface area contributed by atoms with Gasteiger partial charge in [-0.3, -0.25) is 9.35 Å². The Labute approximate surface area is 220 Å². The first-order valence-corrected chi connectivity index (χ1v) is 12.2. The number of aliphatic hydroxyl groups is 1. The molecule has 0 bridgehead atoms. The molecular weight excluding hydrogens is 549 g/mol. The summed E-state index contributed by atoms with van der Waals surface area (Å²) in [6, 6.07) is 5.79. The summed E-state index contributed by atoms with van der Waals surface area (Å²) >= 11 is 0. The number of hydrogen-bond acceptors (Lipinski definition) is 11. The number of ether oxygens (including phenoxy) is 1. The Kier molecular flexibility index (Phi) is 8.90. The third-order valence-corrected chi connectivity index (χ3v) is 5.43. The molecule has 13 nitrogen and oxygen atoms in total. The molecule has 2 heterocycles. The highest BCUT2D eigenvalue weighted by molar-refractivity contribution is 7.80. The fourth-order valence-electron chi connectivity index (χ4n) is 3.06. The van der Waals surface area contributed by atoms with Crippen LogP contribution in [0.2, 0.25) is 0 Å². The summed E-state index contributed by atoms with van der Waals surface area (Å²) in [6.45, 7) is 2.24. The molecule has 3 rings (SSSR count). The van der Waals surface area contributed by atoms with Crippen LogP contribution in [0, 0.1) is 13.8 Å². The molecule has 0 spiro atoms. The number of amides is 1. The lowest BCUT2D eigenvalue weighted by atomic mass is 10.1. The van der Waals surface area contributed by atoms with Crippen LogP contribution >= 0.6 is 0 Å². The van der Waals surface area contributed by atoms with E-state index in [1.54, 1.807) is 13.8 Å². The Morgan fingerprint density at radius 3 is 2.44 bits per heavy atom. The largest absolute Gasteiger partial charge is 0.481 e. The molecule has 0 aliphatic heterocycles. The van der Waals surface area contributed by atoms with Crippen LogP contribution in [0.15, 0.2) is 36.7 Å². The van der Waals surface area contributed by atoms with Crippen molar-refractivity contribution >= 4 is 45.1 Å². The van der Waals surface area contributed by atoms with Crippen molar-refractivity contribution in [2.45, 2.75) is 26.1 Å². The van der Waals surface area contributed by atoms with E-state index in [0.717, 1.165) is 0 Å². The molecule has 3 aromatic rings. The number of benzene rings is 1. The fourth-order valence-corrected chi connectivity index (χ4v) is 3.36. The normalized spacial score (nSPS) is 12.5. The van der Waals surface area contributed by atoms with E-state index in [0.29, 0.717) is 23.0 Å². The molecule has 17 heteroatoms. The Hall–Kier alpha value is -4.06. The van der Waals surface area contributed by atoms with Gasteiger partial charge in [-0.25, -0.2) is 14.2 Å². The van der Waals surface area contributed by atoms with Crippen LogP contribution in [0.3, 0.4) is 0 Å². The van der Waals surface area contributed by atoms with Gasteiger partial charge in [0.05, 0.1) is 24.2 Å². The lowest BCUT2D eigenvalue weighted by Crippen LogP contribution is -2.32. The van der Waals surface area contributed by atoms with Crippen LogP contribution in [0.1, 0.15) is 16.7 Å². The Bertz CT molecular complexity index is 1470. The van der Waals surface area contributed by atoms with Crippen molar-refractivity contribution in [3.05, 3.63) is 53.3 Å². The number of methoxy groups -OCH3 is 1. The van der Waals surface area contributed by atoms with Crippen LogP contribution < -0.4 is 20.7 Å². The summed E-state index contributed by atoms with van der Waals surface area (Å²) in [6.07, 6.45) is -4.83. The molecule has 1 unspecified atom stereocenters. The number of aryl methyl sites for hydroxylation is 2. The first-order valence-electron chi connectivity index (χ1n) is 10.9. The molecule has 0 fully saturated rings. The molecule has 1 atom stereocenters. The van der Waals surface area contributed by atoms with E-state index < -0.39 is 46.6 Å². The van der Waals surface area contributed by atoms with Crippen molar-refractivity contribution in [2.24, 2.45) is 0 Å². The minimum absolute atomic E-state index is 0.0474. The van der Waals surface area contributed by atoms with E-state index in [-0.39, 0.29) is 23.2 Å². The number of carbonyl (C=O) groups is 1. The van der Waals surface area contributed by atoms with Gasteiger partial charge in [0.25, 0.3) is 5.91 Å². The van der Waals surface area contributed by atoms with E-state index in [1.165, 1.54) is 37.6 Å². The van der Waals surface area contributed by atoms with E-state index >= 15 is 0 Å². The van der Waals surface area contributed by atoms with Gasteiger partial charge < -0.3 is 25.8 Å². The van der Waals surface area contributed by atoms with Gasteiger partial charge in [-0.2, -0.15) is 26.6 Å². The SMILES string of the molecule is COc1cc(Nc2ncc(C(F)(F)F)c(Nc3ccc(C)cc3NC(=O)C(O)COS(=O)(=O)O)n2)c(C)cn1. The van der Waals surface area contributed by atoms with Gasteiger partial charge in [0.1, 0.15) is 18.0 Å². The van der Waals surface area contributed by atoms with Crippen LogP contribution in [-0.4, -0.2) is 58.8 Å². The van der Waals surface area contributed by atoms with Crippen molar-refractivity contribution in [3.63, 3.8) is 0 Å². The Morgan fingerprint density at radius 2 is 1.79 bits per heavy atom. The minimum Gasteiger partial charge on any atom is -0.481 e. The van der Waals surface area contributed by atoms with Gasteiger partial charge in [0.2, 0.25) is 11.8 Å². The highest BCUT2D eigenvalue weighted by Crippen LogP contribution is 2.37. The zero-order valence-corrected chi connectivity index (χ0v) is 21.4. The lowest BCUT2D eigenvalue weighted by molar-refractivity contribution is -0.137. The fraction of sp³-hybridized carbons (Fsp3) is 0.273. The van der Waals surface area contributed by atoms with E-state index in [4.69, 9.17) is 9.29 Å². The third kappa shape index (κ3) is 8.21. The monoisotopic (exact) mass is 572 g/mol. The number of hydrogen-bond donors (Lipinski definition) is 5. The van der Waals surface area contributed by atoms with Crippen molar-refractivity contribution in [2.75, 3.05) is 29.7 Å². The zero-order valence-electron chi connectivity index (χ0n) is 20.6. The molecule has 2 aromatic heterocycles. The van der Waals surface area contributed by atoms with Crippen molar-refractivity contribution < 1.29 is 45.0 Å². The number of aromatic nitrogens is 3. The van der Waals surface area contributed by atoms with Gasteiger partial charge in [-0.1, -0.05) is 6.07 Å². The van der Waals surface area contributed by atoms with E-state index in [9.17, 15) is 31.5 Å². The topological polar surface area (TPSA) is 185 Å². The molecule has 0 saturated heterocycles. The molecule has 5 N–H and O–H groups in total. The maximum absolute atomic E-state index is 13.8. The highest BCUT2D eigenvalue weighted by atomic mass is 32.3. The highest BCUT2D eigenvalue weighted by Gasteiger charge is 2.35. The van der Waals surface area contributed by atoms with Gasteiger partial charge in [0, 0.05) is 18.5 Å². The number of nitrogens with zero attached hydrogens (tertiary/aromatic N) is 3. The average molecular weight is 573 g/mol. The summed E-state index contributed by atoms with van der Waals surface area (Å²) in [7, 11) is -3.52. The standard InChI is InChI=1S/C22H23F3N6O7S/c1-11-4-5-14(16(6-11)29-20(33)17(32)10-38-39(34,35)36)28-19-13(22(23,24)25)9-27-21(31-19)30-15-7-18(37-3)26-8-12(15)2/h4-9,17,32H,10H2,1-3H3,(H,29,33)(H,34,35,36)(H2,26,27,28,30,31). The van der Waals surface area contributed by atoms with Crippen LogP contribution in [0.4, 0.5) is 42.0 Å². The smallest absolute Gasteiger partial charge is 0.421 e. The van der Waals surface area contributed by atoms with Gasteiger partial charge in [-0.05, 0) is 37.1 Å². The molecular formula is C22H23F3N6O7S. The van der Waals surface area contributed by atoms with Crippen molar-refractivity contribution in [1.82, 2.24) is 15.0 Å². The number of anilines is 5. The summed E-state index contributed by atoms with van der Waals surface area (Å²) in [4.78, 5) is 24.1. The van der Waals surface area contributed by atoms with Crippen molar-refractivity contribution in [1.29, 1.82) is 0 Å². The molecule has 1 aromatic carbocycles. The summed E-state index contributed by atoms with van der Waals surface area (Å²) < 4.78 is 80.4. The maximum atomic E-state index is 13.8. The second-order valence-corrected chi connectivity index (χ2v) is 9.10. The average Bonchev–Trinajstić information content (AvgIpc) is 2.84. The maximum Gasteiger partial charge on any atom is 0.421 e. The summed E-state index contributed by atoms with van der Waals surface area (Å²) in [5.41, 5.74) is 0.320. The first kappa shape index (κ1) is 29.5. The number of aliphatic hydroxyl groups excluding tert-OH is 1. The number of carbonyl (C=O) groups excluding carboxylic acids is 1. The van der Waals surface area contributed by atoms with E-state index in [1.807, 2.05) is 0 Å². The Balaban J connectivity index is 1.94. The third-order valence-electron chi connectivity index (χ3n) is 4.99. The van der Waals surface area contributed by atoms with E-state index in [2.05, 4.69) is 35.1 Å². The van der Waals surface area contributed by atoms with Crippen LogP contribution in [-0.2, 0) is 25.6 Å². The molecule has 0 saturated carbocycles. The number of pyridine rings is 1. The predicted molar refractivity (Wildman–Crippen MR) is 132 cm³/mol. The van der Waals surface area contributed by atoms with Crippen LogP contribution in [0.25, 0.3) is 0 Å². The second kappa shape index (κ2) is 11.8. The lowest BCUT2D eigenvalue weighted by Gasteiger charge is -2.18. The minimum atomic E-state index is -4.92. The van der Waals surface area contributed by atoms with Gasteiger partial charge in [-0.15, -0.1) is 0 Å². The molecule has 0 aliphatic carbocycles. The number of alkyl halides is 3. The number of rotatable bonds is 10. The molecule has 210 valence electrons. The number of nitrogens with one attached hydrogen (secondary N) is 3. The zero-order chi connectivity index (χ0) is 29.0. The molecule has 0 aliphatic rings. The van der Waals surface area contributed by atoms with Crippen LogP contribution in [0.5, 0.6) is 5.88 Å². The predicted octanol–water partition coefficient (Wildman–Crippen LogP) is 3.12. The first-order chi connectivity index (χ1) is 18.2. The molecule has 0 radical (unpaired) electrons. The molecule has 39 heavy (non-hydrogen) atoms. The van der Waals surface area contributed by atoms with Gasteiger partial charge >= 0.3 is 16.6 Å². The number of halogens is 3. The second-order valence-electron chi connectivity index (χ2n) is 8.01.